The Balaban J connectivity index is 3.29. The fraction of sp³-hybridized carbons (Fsp3) is 0.400. The molecular formula is C10H13Cl2N3O. The lowest BCUT2D eigenvalue weighted by molar-refractivity contribution is -0.448. The highest BCUT2D eigenvalue weighted by molar-refractivity contribution is 6.36. The van der Waals surface area contributed by atoms with Crippen LogP contribution in [0.1, 0.15) is 20.8 Å². The second-order valence-electron chi connectivity index (χ2n) is 4.36. The average Bonchev–Trinajstić information content (AvgIpc) is 2.08. The Bertz CT molecular complexity index is 438. The summed E-state index contributed by atoms with van der Waals surface area (Å²) in [4.78, 5) is 0.451. The van der Waals surface area contributed by atoms with Crippen LogP contribution in [0.5, 0.6) is 0 Å². The Hall–Kier alpha value is -1.00. The van der Waals surface area contributed by atoms with Crippen molar-refractivity contribution < 1.29 is 4.86 Å². The number of nitrogen functional groups attached to an aromatic ring is 1. The number of benzene rings is 1. The highest BCUT2D eigenvalue weighted by Crippen LogP contribution is 2.33. The highest BCUT2D eigenvalue weighted by atomic mass is 35.5. The summed E-state index contributed by atoms with van der Waals surface area (Å²) in [6.45, 7) is 5.42. The molecule has 1 rings (SSSR count). The molecule has 16 heavy (non-hydrogen) atoms. The summed E-state index contributed by atoms with van der Waals surface area (Å²) in [5, 5.41) is 16.2. The normalized spacial score (nSPS) is 12.9. The molecule has 0 saturated heterocycles. The van der Waals surface area contributed by atoms with Crippen LogP contribution in [-0.4, -0.2) is 10.4 Å². The van der Waals surface area contributed by atoms with Gasteiger partial charge < -0.3 is 10.9 Å². The van der Waals surface area contributed by atoms with Crippen molar-refractivity contribution in [1.82, 2.24) is 0 Å². The number of azo groups is 1. The molecule has 0 aromatic heterocycles. The van der Waals surface area contributed by atoms with Crippen LogP contribution >= 0.6 is 23.2 Å². The molecule has 0 saturated carbocycles. The van der Waals surface area contributed by atoms with Gasteiger partial charge in [-0.2, -0.15) is 0 Å². The van der Waals surface area contributed by atoms with Crippen molar-refractivity contribution in [3.8, 4) is 0 Å². The molecule has 88 valence electrons. The third-order valence-corrected chi connectivity index (χ3v) is 2.20. The van der Waals surface area contributed by atoms with Crippen molar-refractivity contribution in [2.75, 3.05) is 5.73 Å². The topological polar surface area (TPSA) is 64.5 Å². The first-order valence-corrected chi connectivity index (χ1v) is 5.41. The van der Waals surface area contributed by atoms with Crippen molar-refractivity contribution in [1.29, 1.82) is 0 Å². The zero-order chi connectivity index (χ0) is 12.5. The first kappa shape index (κ1) is 13.1. The lowest BCUT2D eigenvalue weighted by Crippen LogP contribution is -2.13. The van der Waals surface area contributed by atoms with Gasteiger partial charge in [-0.1, -0.05) is 28.1 Å². The number of nitrogens with two attached hydrogens (primary N) is 1. The van der Waals surface area contributed by atoms with Crippen molar-refractivity contribution in [2.45, 2.75) is 26.3 Å². The number of hydrogen-bond donors (Lipinski definition) is 1. The van der Waals surface area contributed by atoms with Gasteiger partial charge in [-0.15, -0.1) is 0 Å². The molecule has 4 nitrogen and oxygen atoms in total. The number of anilines is 1. The predicted octanol–water partition coefficient (Wildman–Crippen LogP) is 3.97. The first-order valence-electron chi connectivity index (χ1n) is 4.65. The van der Waals surface area contributed by atoms with Gasteiger partial charge in [0.2, 0.25) is 0 Å². The van der Waals surface area contributed by atoms with E-state index in [0.717, 1.165) is 0 Å². The highest BCUT2D eigenvalue weighted by Gasteiger charge is 2.18. The smallest absolute Gasteiger partial charge is 0.270 e. The number of hydrogen-bond acceptors (Lipinski definition) is 3. The van der Waals surface area contributed by atoms with Crippen molar-refractivity contribution in [2.24, 2.45) is 5.11 Å². The van der Waals surface area contributed by atoms with Crippen LogP contribution in [0.25, 0.3) is 0 Å². The summed E-state index contributed by atoms with van der Waals surface area (Å²) >= 11 is 11.6. The van der Waals surface area contributed by atoms with Gasteiger partial charge in [0.1, 0.15) is 11.2 Å². The zero-order valence-electron chi connectivity index (χ0n) is 9.29. The minimum atomic E-state index is -0.497. The second-order valence-corrected chi connectivity index (χ2v) is 5.21. The van der Waals surface area contributed by atoms with Gasteiger partial charge in [0.25, 0.3) is 5.69 Å². The Morgan fingerprint density at radius 2 is 1.88 bits per heavy atom. The molecule has 0 aliphatic rings. The van der Waals surface area contributed by atoms with Gasteiger partial charge in [-0.25, -0.2) is 0 Å². The van der Waals surface area contributed by atoms with Gasteiger partial charge in [-0.05, 0) is 32.0 Å². The fourth-order valence-corrected chi connectivity index (χ4v) is 1.54. The van der Waals surface area contributed by atoms with E-state index in [0.29, 0.717) is 9.88 Å². The minimum absolute atomic E-state index is 0.160. The molecular weight excluding hydrogens is 249 g/mol. The lowest BCUT2D eigenvalue weighted by atomic mass is 10.1. The van der Waals surface area contributed by atoms with E-state index in [-0.39, 0.29) is 16.4 Å². The van der Waals surface area contributed by atoms with Gasteiger partial charge in [0, 0.05) is 11.1 Å². The van der Waals surface area contributed by atoms with Gasteiger partial charge in [0.15, 0.2) is 0 Å². The number of nitrogens with zero attached hydrogens (tertiary/aromatic N) is 2. The Labute approximate surface area is 104 Å². The summed E-state index contributed by atoms with van der Waals surface area (Å²) in [7, 11) is 0. The SMILES string of the molecule is CC(C)(C)N=[N+]([O-])c1cc(Cl)cc(Cl)c1N. The molecule has 0 spiro atoms. The van der Waals surface area contributed by atoms with Crippen LogP contribution in [0.2, 0.25) is 10.0 Å². The van der Waals surface area contributed by atoms with E-state index in [1.165, 1.54) is 12.1 Å². The van der Waals surface area contributed by atoms with Crippen molar-refractivity contribution in [3.05, 3.63) is 27.4 Å². The van der Waals surface area contributed by atoms with Gasteiger partial charge in [-0.3, -0.25) is 0 Å². The maximum Gasteiger partial charge on any atom is 0.270 e. The van der Waals surface area contributed by atoms with Crippen LogP contribution in [0.4, 0.5) is 11.4 Å². The molecule has 2 N–H and O–H groups in total. The zero-order valence-corrected chi connectivity index (χ0v) is 10.8. The van der Waals surface area contributed by atoms with E-state index >= 15 is 0 Å². The number of halogens is 2. The fourth-order valence-electron chi connectivity index (χ4n) is 1.06. The predicted molar refractivity (Wildman–Crippen MR) is 66.3 cm³/mol. The molecule has 0 fully saturated rings. The van der Waals surface area contributed by atoms with Gasteiger partial charge in [0.05, 0.1) is 5.02 Å². The summed E-state index contributed by atoms with van der Waals surface area (Å²) in [6.07, 6.45) is 0. The summed E-state index contributed by atoms with van der Waals surface area (Å²) in [5.74, 6) is 0. The molecule has 1 aromatic carbocycles. The monoisotopic (exact) mass is 261 g/mol. The van der Waals surface area contributed by atoms with E-state index in [1.54, 1.807) is 20.8 Å². The summed E-state index contributed by atoms with van der Waals surface area (Å²) < 4.78 is 0. The second kappa shape index (κ2) is 4.47. The largest absolute Gasteiger partial charge is 0.594 e. The van der Waals surface area contributed by atoms with Crippen LogP contribution < -0.4 is 5.73 Å². The lowest BCUT2D eigenvalue weighted by Gasteiger charge is -2.11. The molecule has 0 atom stereocenters. The minimum Gasteiger partial charge on any atom is -0.594 e. The Kier molecular flexibility index (Phi) is 3.65. The van der Waals surface area contributed by atoms with Crippen LogP contribution in [-0.2, 0) is 0 Å². The van der Waals surface area contributed by atoms with Gasteiger partial charge >= 0.3 is 0 Å². The first-order chi connectivity index (χ1) is 7.20. The van der Waals surface area contributed by atoms with E-state index in [2.05, 4.69) is 5.11 Å². The number of rotatable bonds is 1. The third kappa shape index (κ3) is 3.25. The van der Waals surface area contributed by atoms with E-state index < -0.39 is 5.54 Å². The maximum atomic E-state index is 11.7. The summed E-state index contributed by atoms with van der Waals surface area (Å²) in [5.41, 5.74) is 5.52. The van der Waals surface area contributed by atoms with Crippen LogP contribution in [0.3, 0.4) is 0 Å². The Morgan fingerprint density at radius 3 is 2.38 bits per heavy atom. The van der Waals surface area contributed by atoms with E-state index in [4.69, 9.17) is 28.9 Å². The molecule has 0 unspecified atom stereocenters. The molecule has 1 aromatic rings. The average molecular weight is 262 g/mol. The van der Waals surface area contributed by atoms with E-state index in [9.17, 15) is 5.21 Å². The Morgan fingerprint density at radius 1 is 1.31 bits per heavy atom. The van der Waals surface area contributed by atoms with Crippen molar-refractivity contribution >= 4 is 34.6 Å². The molecule has 0 aliphatic carbocycles. The molecule has 0 radical (unpaired) electrons. The molecule has 0 bridgehead atoms. The molecule has 0 aliphatic heterocycles. The molecule has 6 heteroatoms. The molecule has 0 heterocycles. The quantitative estimate of drug-likeness (QED) is 0.360. The standard InChI is InChI=1S/C10H13Cl2N3O/c1-10(2,3)14-15(16)8-5-6(11)4-7(12)9(8)13/h4-5H,13H2,1-3H3. The van der Waals surface area contributed by atoms with E-state index in [1.807, 2.05) is 0 Å². The summed E-state index contributed by atoms with van der Waals surface area (Å²) in [6, 6.07) is 2.91. The molecule has 0 amide bonds. The third-order valence-electron chi connectivity index (χ3n) is 1.67. The van der Waals surface area contributed by atoms with Crippen LogP contribution in [0.15, 0.2) is 17.2 Å². The van der Waals surface area contributed by atoms with Crippen molar-refractivity contribution in [3.63, 3.8) is 0 Å². The van der Waals surface area contributed by atoms with Crippen LogP contribution in [0, 0.1) is 5.21 Å². The maximum absolute atomic E-state index is 11.7.